The molecule has 0 aliphatic carbocycles. The fraction of sp³-hybridized carbons (Fsp3) is 0.125. The second-order valence-corrected chi connectivity index (χ2v) is 8.62. The van der Waals surface area contributed by atoms with Gasteiger partial charge in [0.15, 0.2) is 0 Å². The molecule has 0 radical (unpaired) electrons. The van der Waals surface area contributed by atoms with Gasteiger partial charge in [-0.1, -0.05) is 60.7 Å². The molecule has 5 heteroatoms. The number of aromatic hydroxyl groups is 1. The zero-order valence-corrected chi connectivity index (χ0v) is 16.7. The molecule has 1 aliphatic heterocycles. The van der Waals surface area contributed by atoms with Gasteiger partial charge in [-0.15, -0.1) is 11.8 Å². The van der Waals surface area contributed by atoms with E-state index in [4.69, 9.17) is 0 Å². The molecule has 2 N–H and O–H groups in total. The maximum absolute atomic E-state index is 13.3. The number of aromatic nitrogens is 1. The van der Waals surface area contributed by atoms with Crippen molar-refractivity contribution in [3.8, 4) is 17.0 Å². The van der Waals surface area contributed by atoms with Gasteiger partial charge in [0.2, 0.25) is 5.91 Å². The van der Waals surface area contributed by atoms with Crippen LogP contribution in [0.2, 0.25) is 0 Å². The van der Waals surface area contributed by atoms with Crippen LogP contribution in [0, 0.1) is 0 Å². The zero-order chi connectivity index (χ0) is 20.0. The first-order chi connectivity index (χ1) is 14.1. The van der Waals surface area contributed by atoms with E-state index in [0.717, 1.165) is 33.4 Å². The third kappa shape index (κ3) is 2.98. The van der Waals surface area contributed by atoms with Crippen molar-refractivity contribution >= 4 is 34.3 Å². The first-order valence-electron chi connectivity index (χ1n) is 9.57. The Kier molecular flexibility index (Phi) is 4.32. The summed E-state index contributed by atoms with van der Waals surface area (Å²) in [5.74, 6) is 0.280. The van der Waals surface area contributed by atoms with Crippen molar-refractivity contribution in [2.45, 2.75) is 17.5 Å². The number of carbonyl (C=O) groups is 1. The lowest BCUT2D eigenvalue weighted by molar-refractivity contribution is -0.117. The highest BCUT2D eigenvalue weighted by atomic mass is 32.2. The number of phenols is 1. The number of rotatable bonds is 3. The average Bonchev–Trinajstić information content (AvgIpc) is 3.26. The lowest BCUT2D eigenvalue weighted by Gasteiger charge is -2.25. The smallest absolute Gasteiger partial charge is 0.241 e. The summed E-state index contributed by atoms with van der Waals surface area (Å²) < 4.78 is 0. The number of aromatic amines is 1. The van der Waals surface area contributed by atoms with Gasteiger partial charge in [0.1, 0.15) is 11.1 Å². The Labute approximate surface area is 173 Å². The molecule has 1 saturated heterocycles. The quantitative estimate of drug-likeness (QED) is 0.463. The van der Waals surface area contributed by atoms with Gasteiger partial charge in [0, 0.05) is 16.5 Å². The van der Waals surface area contributed by atoms with E-state index in [1.54, 1.807) is 23.9 Å². The van der Waals surface area contributed by atoms with E-state index in [-0.39, 0.29) is 22.3 Å². The maximum Gasteiger partial charge on any atom is 0.241 e. The van der Waals surface area contributed by atoms with Gasteiger partial charge in [-0.25, -0.2) is 0 Å². The largest absolute Gasteiger partial charge is 0.508 e. The van der Waals surface area contributed by atoms with E-state index in [1.807, 2.05) is 66.4 Å². The third-order valence-corrected chi connectivity index (χ3v) is 6.64. The number of fused-ring (bicyclic) bond motifs is 1. The minimum Gasteiger partial charge on any atom is -0.508 e. The number of thioether (sulfide) groups is 1. The van der Waals surface area contributed by atoms with Crippen molar-refractivity contribution in [1.82, 2.24) is 4.98 Å². The predicted octanol–water partition coefficient (Wildman–Crippen LogP) is 5.71. The molecular formula is C24H20N2O2S. The minimum absolute atomic E-state index is 0.0743. The van der Waals surface area contributed by atoms with Crippen LogP contribution in [0.1, 0.15) is 17.9 Å². The summed E-state index contributed by atoms with van der Waals surface area (Å²) in [6, 6.07) is 25.3. The van der Waals surface area contributed by atoms with Gasteiger partial charge in [0.25, 0.3) is 0 Å². The molecule has 29 heavy (non-hydrogen) atoms. The minimum atomic E-state index is -0.203. The maximum atomic E-state index is 13.3. The molecule has 0 saturated carbocycles. The van der Waals surface area contributed by atoms with Crippen LogP contribution in [0.15, 0.2) is 78.9 Å². The summed E-state index contributed by atoms with van der Waals surface area (Å²) in [7, 11) is 0. The SMILES string of the molecule is CC1SC(c2cccc(O)c2)N(c2c(-c3ccccc3)[nH]c3ccccc23)C1=O. The number of amides is 1. The molecule has 4 aromatic rings. The Morgan fingerprint density at radius 1 is 0.966 bits per heavy atom. The number of hydrogen-bond acceptors (Lipinski definition) is 3. The normalized spacial score (nSPS) is 19.2. The molecule has 0 bridgehead atoms. The van der Waals surface area contributed by atoms with Crippen LogP contribution in [-0.2, 0) is 4.79 Å². The van der Waals surface area contributed by atoms with Crippen LogP contribution in [0.4, 0.5) is 5.69 Å². The highest BCUT2D eigenvalue weighted by Crippen LogP contribution is 2.50. The Bertz CT molecular complexity index is 1200. The van der Waals surface area contributed by atoms with Crippen LogP contribution >= 0.6 is 11.8 Å². The van der Waals surface area contributed by atoms with Gasteiger partial charge in [-0.05, 0) is 30.7 Å². The summed E-state index contributed by atoms with van der Waals surface area (Å²) in [6.45, 7) is 1.94. The molecule has 144 valence electrons. The van der Waals surface area contributed by atoms with Gasteiger partial charge in [0.05, 0.1) is 16.6 Å². The summed E-state index contributed by atoms with van der Waals surface area (Å²) >= 11 is 1.61. The van der Waals surface area contributed by atoms with E-state index >= 15 is 0 Å². The first kappa shape index (κ1) is 17.9. The molecule has 1 aromatic heterocycles. The number of nitrogens with one attached hydrogen (secondary N) is 1. The molecule has 3 aromatic carbocycles. The van der Waals surface area contributed by atoms with Crippen molar-refractivity contribution in [1.29, 1.82) is 0 Å². The van der Waals surface area contributed by atoms with Gasteiger partial charge in [-0.2, -0.15) is 0 Å². The first-order valence-corrected chi connectivity index (χ1v) is 10.5. The van der Waals surface area contributed by atoms with Gasteiger partial charge < -0.3 is 10.1 Å². The summed E-state index contributed by atoms with van der Waals surface area (Å²) in [5.41, 5.74) is 4.76. The Morgan fingerprint density at radius 2 is 1.72 bits per heavy atom. The van der Waals surface area contributed by atoms with Crippen molar-refractivity contribution in [2.75, 3.05) is 4.90 Å². The highest BCUT2D eigenvalue weighted by molar-refractivity contribution is 8.01. The van der Waals surface area contributed by atoms with Crippen LogP contribution in [0.25, 0.3) is 22.2 Å². The zero-order valence-electron chi connectivity index (χ0n) is 15.9. The summed E-state index contributed by atoms with van der Waals surface area (Å²) in [5, 5.41) is 10.7. The lowest BCUT2D eigenvalue weighted by atomic mass is 10.1. The Hall–Kier alpha value is -3.18. The molecule has 5 rings (SSSR count). The molecule has 1 amide bonds. The Morgan fingerprint density at radius 3 is 2.52 bits per heavy atom. The number of benzene rings is 3. The fourth-order valence-electron chi connectivity index (χ4n) is 3.95. The van der Waals surface area contributed by atoms with E-state index in [9.17, 15) is 9.90 Å². The van der Waals surface area contributed by atoms with Crippen molar-refractivity contribution in [3.05, 3.63) is 84.4 Å². The molecule has 2 atom stereocenters. The van der Waals surface area contributed by atoms with Crippen LogP contribution in [0.5, 0.6) is 5.75 Å². The standard InChI is InChI=1S/C24H20N2O2S/c1-15-23(28)26(24(29-15)17-10-7-11-18(27)14-17)22-19-12-5-6-13-20(19)25-21(22)16-8-3-2-4-9-16/h2-15,24-25,27H,1H3. The van der Waals surface area contributed by atoms with E-state index in [1.165, 1.54) is 0 Å². The Balaban J connectivity index is 1.75. The number of nitrogens with zero attached hydrogens (tertiary/aromatic N) is 1. The second-order valence-electron chi connectivity index (χ2n) is 7.19. The number of H-pyrrole nitrogens is 1. The lowest BCUT2D eigenvalue weighted by Crippen LogP contribution is -2.30. The number of anilines is 1. The topological polar surface area (TPSA) is 56.3 Å². The van der Waals surface area contributed by atoms with Crippen molar-refractivity contribution in [3.63, 3.8) is 0 Å². The van der Waals surface area contributed by atoms with Gasteiger partial charge in [-0.3, -0.25) is 9.69 Å². The second kappa shape index (κ2) is 7.01. The van der Waals surface area contributed by atoms with E-state index in [2.05, 4.69) is 17.1 Å². The number of para-hydroxylation sites is 1. The predicted molar refractivity (Wildman–Crippen MR) is 119 cm³/mol. The van der Waals surface area contributed by atoms with Gasteiger partial charge >= 0.3 is 0 Å². The summed E-state index contributed by atoms with van der Waals surface area (Å²) in [4.78, 5) is 18.7. The van der Waals surface area contributed by atoms with Crippen LogP contribution in [-0.4, -0.2) is 21.2 Å². The van der Waals surface area contributed by atoms with E-state index in [0.29, 0.717) is 0 Å². The molecule has 2 unspecified atom stereocenters. The molecule has 1 fully saturated rings. The van der Waals surface area contributed by atoms with Crippen molar-refractivity contribution in [2.24, 2.45) is 0 Å². The van der Waals surface area contributed by atoms with E-state index < -0.39 is 0 Å². The van der Waals surface area contributed by atoms with Crippen molar-refractivity contribution < 1.29 is 9.90 Å². The number of hydrogen-bond donors (Lipinski definition) is 2. The molecule has 0 spiro atoms. The van der Waals surface area contributed by atoms with Crippen LogP contribution < -0.4 is 4.90 Å². The average molecular weight is 401 g/mol. The number of carbonyl (C=O) groups excluding carboxylic acids is 1. The third-order valence-electron chi connectivity index (χ3n) is 5.29. The molecule has 1 aliphatic rings. The fourth-order valence-corrected chi connectivity index (χ4v) is 5.20. The highest BCUT2D eigenvalue weighted by Gasteiger charge is 2.41. The molecule has 4 nitrogen and oxygen atoms in total. The molecule has 2 heterocycles. The van der Waals surface area contributed by atoms with Crippen LogP contribution in [0.3, 0.4) is 0 Å². The molecular weight excluding hydrogens is 380 g/mol. The summed E-state index contributed by atoms with van der Waals surface area (Å²) in [6.07, 6.45) is 0. The number of phenolic OH excluding ortho intramolecular Hbond substituents is 1. The monoisotopic (exact) mass is 400 g/mol.